The maximum absolute atomic E-state index is 13.6. The van der Waals surface area contributed by atoms with Crippen LogP contribution in [0.2, 0.25) is 5.02 Å². The largest absolute Gasteiger partial charge is 0.417 e. The fraction of sp³-hybridized carbons (Fsp3) is 0.208. The van der Waals surface area contributed by atoms with Crippen molar-refractivity contribution in [3.63, 3.8) is 0 Å². The zero-order valence-electron chi connectivity index (χ0n) is 18.7. The summed E-state index contributed by atoms with van der Waals surface area (Å²) in [6.07, 6.45) is -1.31. The quantitative estimate of drug-likeness (QED) is 0.487. The van der Waals surface area contributed by atoms with Gasteiger partial charge in [-0.1, -0.05) is 11.6 Å². The predicted octanol–water partition coefficient (Wildman–Crippen LogP) is 5.23. The van der Waals surface area contributed by atoms with E-state index in [1.807, 2.05) is 6.92 Å². The predicted molar refractivity (Wildman–Crippen MR) is 128 cm³/mol. The molecule has 2 aliphatic heterocycles. The standard InChI is InChI=1S/C24H17ClF3N7O/c1-12-11-34(14-4-5-16(17(25)7-14)24(26,27)28)23(36)22-15(10-32-35(12)22)21-19(30-2)8-18(33-21)13-3-6-20(29)31-9-13/h3-7,9-10,12H,8,11H2,1H3,(H2,29,31)/t12-/m0/s1. The Labute approximate surface area is 208 Å². The van der Waals surface area contributed by atoms with Crippen LogP contribution in [0.15, 0.2) is 53.4 Å². The number of benzene rings is 1. The Morgan fingerprint density at radius 3 is 2.64 bits per heavy atom. The van der Waals surface area contributed by atoms with E-state index in [1.54, 1.807) is 23.0 Å². The van der Waals surface area contributed by atoms with Gasteiger partial charge in [-0.15, -0.1) is 0 Å². The summed E-state index contributed by atoms with van der Waals surface area (Å²) in [5.41, 5.74) is 7.44. The Hall–Kier alpha value is -4.17. The molecular weight excluding hydrogens is 495 g/mol. The highest BCUT2D eigenvalue weighted by molar-refractivity contribution is 6.31. The molecule has 0 fully saturated rings. The van der Waals surface area contributed by atoms with Gasteiger partial charge >= 0.3 is 6.18 Å². The van der Waals surface area contributed by atoms with Crippen molar-refractivity contribution in [3.05, 3.63) is 87.2 Å². The molecular formula is C24H17ClF3N7O. The number of allylic oxidation sites excluding steroid dienone is 1. The lowest BCUT2D eigenvalue weighted by molar-refractivity contribution is -0.137. The molecule has 0 bridgehead atoms. The van der Waals surface area contributed by atoms with Gasteiger partial charge in [-0.25, -0.2) is 9.83 Å². The minimum atomic E-state index is -4.61. The van der Waals surface area contributed by atoms with Gasteiger partial charge in [-0.3, -0.25) is 14.5 Å². The number of nitrogen functional groups attached to an aromatic ring is 1. The van der Waals surface area contributed by atoms with Gasteiger partial charge in [0, 0.05) is 41.7 Å². The lowest BCUT2D eigenvalue weighted by atomic mass is 10.1. The van der Waals surface area contributed by atoms with Crippen LogP contribution in [0.5, 0.6) is 0 Å². The smallest absolute Gasteiger partial charge is 0.384 e. The second-order valence-electron chi connectivity index (χ2n) is 8.39. The number of amides is 1. The molecule has 0 aliphatic carbocycles. The number of aliphatic imine (C=N–C) groups is 1. The van der Waals surface area contributed by atoms with E-state index in [0.29, 0.717) is 34.1 Å². The Kier molecular flexibility index (Phi) is 5.56. The number of nitrogens with zero attached hydrogens (tertiary/aromatic N) is 6. The number of anilines is 2. The zero-order chi connectivity index (χ0) is 25.8. The highest BCUT2D eigenvalue weighted by atomic mass is 35.5. The number of halogens is 4. The number of carbonyl (C=O) groups is 1. The van der Waals surface area contributed by atoms with Crippen molar-refractivity contribution in [1.82, 2.24) is 14.8 Å². The highest BCUT2D eigenvalue weighted by Crippen LogP contribution is 2.39. The molecule has 3 aromatic rings. The molecule has 0 radical (unpaired) electrons. The molecule has 36 heavy (non-hydrogen) atoms. The van der Waals surface area contributed by atoms with Crippen LogP contribution in [-0.2, 0) is 6.18 Å². The molecule has 2 N–H and O–H groups in total. The van der Waals surface area contributed by atoms with Crippen LogP contribution >= 0.6 is 11.6 Å². The fourth-order valence-electron chi connectivity index (χ4n) is 4.29. The van der Waals surface area contributed by atoms with Gasteiger partial charge in [0.1, 0.15) is 11.5 Å². The van der Waals surface area contributed by atoms with E-state index >= 15 is 0 Å². The Balaban J connectivity index is 1.55. The molecule has 0 saturated carbocycles. The molecule has 8 nitrogen and oxygen atoms in total. The normalized spacial score (nSPS) is 17.8. The van der Waals surface area contributed by atoms with Crippen molar-refractivity contribution in [2.75, 3.05) is 17.2 Å². The third-order valence-corrected chi connectivity index (χ3v) is 6.35. The van der Waals surface area contributed by atoms with Crippen molar-refractivity contribution in [1.29, 1.82) is 0 Å². The molecule has 0 unspecified atom stereocenters. The fourth-order valence-corrected chi connectivity index (χ4v) is 4.57. The SMILES string of the molecule is [C-]#[N+]C1=C(c2cnn3c2C(=O)N(c2ccc(C(F)(F)F)c(Cl)c2)C[C@@H]3C)N=C(c2ccc(N)nc2)C1. The van der Waals surface area contributed by atoms with Gasteiger partial charge in [-0.2, -0.15) is 18.3 Å². The maximum atomic E-state index is 13.6. The van der Waals surface area contributed by atoms with Gasteiger partial charge in [0.2, 0.25) is 0 Å². The summed E-state index contributed by atoms with van der Waals surface area (Å²) in [6.45, 7) is 9.65. The molecule has 1 aromatic carbocycles. The molecule has 1 atom stereocenters. The number of carbonyl (C=O) groups excluding carboxylic acids is 1. The summed E-state index contributed by atoms with van der Waals surface area (Å²) in [7, 11) is 0. The first-order valence-corrected chi connectivity index (χ1v) is 11.1. The zero-order valence-corrected chi connectivity index (χ0v) is 19.5. The monoisotopic (exact) mass is 511 g/mol. The van der Waals surface area contributed by atoms with Crippen LogP contribution in [0.25, 0.3) is 10.5 Å². The van der Waals surface area contributed by atoms with E-state index in [-0.39, 0.29) is 30.4 Å². The molecule has 1 amide bonds. The van der Waals surface area contributed by atoms with E-state index in [9.17, 15) is 18.0 Å². The molecule has 0 spiro atoms. The van der Waals surface area contributed by atoms with Gasteiger partial charge in [-0.05, 0) is 37.3 Å². The number of hydrogen-bond acceptors (Lipinski definition) is 5. The van der Waals surface area contributed by atoms with Crippen LogP contribution in [0.4, 0.5) is 24.7 Å². The number of rotatable bonds is 3. The summed E-state index contributed by atoms with van der Waals surface area (Å²) in [5.74, 6) is -0.129. The third kappa shape index (κ3) is 3.89. The Morgan fingerprint density at radius 1 is 1.22 bits per heavy atom. The number of alkyl halides is 3. The van der Waals surface area contributed by atoms with Crippen molar-refractivity contribution in [2.24, 2.45) is 4.99 Å². The number of hydrogen-bond donors (Lipinski definition) is 1. The molecule has 12 heteroatoms. The van der Waals surface area contributed by atoms with Crippen molar-refractivity contribution >= 4 is 40.4 Å². The minimum absolute atomic E-state index is 0.176. The van der Waals surface area contributed by atoms with Crippen LogP contribution in [0.3, 0.4) is 0 Å². The van der Waals surface area contributed by atoms with Crippen LogP contribution < -0.4 is 10.6 Å². The lowest BCUT2D eigenvalue weighted by Gasteiger charge is -2.32. The molecule has 0 saturated heterocycles. The summed E-state index contributed by atoms with van der Waals surface area (Å²) in [6, 6.07) is 6.29. The second-order valence-corrected chi connectivity index (χ2v) is 8.80. The Bertz CT molecular complexity index is 1500. The molecule has 2 aromatic heterocycles. The Morgan fingerprint density at radius 2 is 2.00 bits per heavy atom. The van der Waals surface area contributed by atoms with E-state index in [4.69, 9.17) is 23.9 Å². The molecule has 182 valence electrons. The van der Waals surface area contributed by atoms with Gasteiger partial charge in [0.15, 0.2) is 5.70 Å². The lowest BCUT2D eigenvalue weighted by Crippen LogP contribution is -2.43. The molecule has 2 aliphatic rings. The van der Waals surface area contributed by atoms with Gasteiger partial charge in [0.05, 0.1) is 35.1 Å². The number of fused-ring (bicyclic) bond motifs is 1. The summed E-state index contributed by atoms with van der Waals surface area (Å²) in [4.78, 5) is 27.3. The van der Waals surface area contributed by atoms with Gasteiger partial charge in [0.25, 0.3) is 5.91 Å². The van der Waals surface area contributed by atoms with Crippen LogP contribution in [0.1, 0.15) is 46.6 Å². The minimum Gasteiger partial charge on any atom is -0.384 e. The first kappa shape index (κ1) is 23.6. The van der Waals surface area contributed by atoms with Crippen molar-refractivity contribution in [3.8, 4) is 0 Å². The van der Waals surface area contributed by atoms with Crippen LogP contribution in [0, 0.1) is 6.57 Å². The number of nitrogens with two attached hydrogens (primary N) is 1. The van der Waals surface area contributed by atoms with E-state index in [2.05, 4.69) is 19.9 Å². The number of aromatic nitrogens is 3. The van der Waals surface area contributed by atoms with E-state index < -0.39 is 22.7 Å². The first-order valence-electron chi connectivity index (χ1n) is 10.7. The van der Waals surface area contributed by atoms with Gasteiger partial charge < -0.3 is 10.6 Å². The van der Waals surface area contributed by atoms with E-state index in [1.165, 1.54) is 17.2 Å². The summed E-state index contributed by atoms with van der Waals surface area (Å²) < 4.78 is 41.0. The summed E-state index contributed by atoms with van der Waals surface area (Å²) in [5, 5.41) is 3.86. The number of pyridine rings is 1. The maximum Gasteiger partial charge on any atom is 0.417 e. The van der Waals surface area contributed by atoms with Crippen molar-refractivity contribution in [2.45, 2.75) is 25.6 Å². The summed E-state index contributed by atoms with van der Waals surface area (Å²) >= 11 is 5.91. The second kappa shape index (κ2) is 8.49. The van der Waals surface area contributed by atoms with Crippen molar-refractivity contribution < 1.29 is 18.0 Å². The highest BCUT2D eigenvalue weighted by Gasteiger charge is 2.37. The average molecular weight is 512 g/mol. The molecule has 5 rings (SSSR count). The topological polar surface area (TPSA) is 93.8 Å². The first-order chi connectivity index (χ1) is 17.1. The van der Waals surface area contributed by atoms with Crippen LogP contribution in [-0.4, -0.2) is 32.9 Å². The molecule has 4 heterocycles. The van der Waals surface area contributed by atoms with E-state index in [0.717, 1.165) is 12.1 Å². The average Bonchev–Trinajstić information content (AvgIpc) is 3.46. The third-order valence-electron chi connectivity index (χ3n) is 6.04.